The van der Waals surface area contributed by atoms with Gasteiger partial charge in [-0.05, 0) is 69.6 Å². The van der Waals surface area contributed by atoms with Crippen LogP contribution >= 0.6 is 0 Å². The van der Waals surface area contributed by atoms with Crippen molar-refractivity contribution in [1.82, 2.24) is 9.62 Å². The Hall–Kier alpha value is -2.13. The molecule has 31 heavy (non-hydrogen) atoms. The predicted octanol–water partition coefficient (Wildman–Crippen LogP) is 2.50. The van der Waals surface area contributed by atoms with Crippen LogP contribution in [0.15, 0.2) is 23.1 Å². The maximum absolute atomic E-state index is 13.3. The van der Waals surface area contributed by atoms with Crippen LogP contribution in [0, 0.1) is 11.8 Å². The zero-order valence-electron chi connectivity index (χ0n) is 18.1. The van der Waals surface area contributed by atoms with E-state index in [1.54, 1.807) is 13.0 Å². The van der Waals surface area contributed by atoms with Crippen molar-refractivity contribution in [2.24, 2.45) is 11.8 Å². The van der Waals surface area contributed by atoms with Crippen LogP contribution in [0.4, 0.5) is 5.69 Å². The maximum Gasteiger partial charge on any atom is 0.265 e. The minimum Gasteiger partial charge on any atom is -0.479 e. The molecule has 1 saturated heterocycles. The van der Waals surface area contributed by atoms with Crippen molar-refractivity contribution >= 4 is 27.5 Å². The number of benzene rings is 1. The standard InChI is InChI=1S/C22H31N3O5S/c1-14-5-7-17(8-6-14)23-22(27)16-4-3-11-25(13-16)31(28,29)18-9-10-20-19(12-18)24-21(26)15(2)30-20/h9-10,12,14-17H,3-8,11,13H2,1-2H3,(H,23,27)(H,24,26)/t14?,15-,16-,17?/m0/s1. The Morgan fingerprint density at radius 2 is 1.90 bits per heavy atom. The van der Waals surface area contributed by atoms with Crippen molar-refractivity contribution in [3.05, 3.63) is 18.2 Å². The molecule has 2 atom stereocenters. The molecular formula is C22H31N3O5S. The van der Waals surface area contributed by atoms with Crippen LogP contribution in [0.2, 0.25) is 0 Å². The number of hydrogen-bond donors (Lipinski definition) is 2. The summed E-state index contributed by atoms with van der Waals surface area (Å²) in [6.07, 6.45) is 4.92. The predicted molar refractivity (Wildman–Crippen MR) is 116 cm³/mol. The molecule has 170 valence electrons. The third kappa shape index (κ3) is 4.72. The van der Waals surface area contributed by atoms with Crippen molar-refractivity contribution in [2.75, 3.05) is 18.4 Å². The molecule has 8 nitrogen and oxygen atoms in total. The molecule has 1 aromatic rings. The minimum atomic E-state index is -3.79. The van der Waals surface area contributed by atoms with Crippen molar-refractivity contribution < 1.29 is 22.7 Å². The molecule has 0 radical (unpaired) electrons. The highest BCUT2D eigenvalue weighted by Crippen LogP contribution is 2.34. The summed E-state index contributed by atoms with van der Waals surface area (Å²) in [5.41, 5.74) is 0.349. The highest BCUT2D eigenvalue weighted by molar-refractivity contribution is 7.89. The van der Waals surface area contributed by atoms with E-state index in [0.717, 1.165) is 25.7 Å². The Kier molecular flexibility index (Phi) is 6.25. The molecule has 0 bridgehead atoms. The topological polar surface area (TPSA) is 105 Å². The number of nitrogens with one attached hydrogen (secondary N) is 2. The van der Waals surface area contributed by atoms with Crippen molar-refractivity contribution in [2.45, 2.75) is 69.4 Å². The summed E-state index contributed by atoms with van der Waals surface area (Å²) in [7, 11) is -3.79. The molecular weight excluding hydrogens is 418 g/mol. The summed E-state index contributed by atoms with van der Waals surface area (Å²) in [6, 6.07) is 4.69. The molecule has 2 aliphatic heterocycles. The van der Waals surface area contributed by atoms with Gasteiger partial charge in [-0.3, -0.25) is 9.59 Å². The van der Waals surface area contributed by atoms with E-state index in [1.807, 2.05) is 0 Å². The van der Waals surface area contributed by atoms with Crippen LogP contribution in [0.25, 0.3) is 0 Å². The van der Waals surface area contributed by atoms with Crippen LogP contribution in [-0.4, -0.2) is 49.8 Å². The van der Waals surface area contributed by atoms with Gasteiger partial charge in [0, 0.05) is 19.1 Å². The normalized spacial score (nSPS) is 29.4. The SMILES string of the molecule is CC1CCC(NC(=O)[C@H]2CCCN(S(=O)(=O)c3ccc4c(c3)NC(=O)[C@H](C)O4)C2)CC1. The van der Waals surface area contributed by atoms with Crippen LogP contribution in [-0.2, 0) is 19.6 Å². The monoisotopic (exact) mass is 449 g/mol. The van der Waals surface area contributed by atoms with E-state index >= 15 is 0 Å². The lowest BCUT2D eigenvalue weighted by Crippen LogP contribution is -2.48. The highest BCUT2D eigenvalue weighted by atomic mass is 32.2. The van der Waals surface area contributed by atoms with E-state index in [-0.39, 0.29) is 35.2 Å². The first-order valence-electron chi connectivity index (χ1n) is 11.2. The Balaban J connectivity index is 1.44. The van der Waals surface area contributed by atoms with Crippen LogP contribution in [0.3, 0.4) is 0 Å². The number of hydrogen-bond acceptors (Lipinski definition) is 5. The van der Waals surface area contributed by atoms with Crippen molar-refractivity contribution in [3.8, 4) is 5.75 Å². The van der Waals surface area contributed by atoms with Crippen LogP contribution in [0.5, 0.6) is 5.75 Å². The summed E-state index contributed by atoms with van der Waals surface area (Å²) in [5.74, 6) is 0.458. The van der Waals surface area contributed by atoms with Gasteiger partial charge < -0.3 is 15.4 Å². The lowest BCUT2D eigenvalue weighted by Gasteiger charge is -2.33. The largest absolute Gasteiger partial charge is 0.479 e. The van der Waals surface area contributed by atoms with Gasteiger partial charge in [0.05, 0.1) is 16.5 Å². The Labute approximate surface area is 183 Å². The van der Waals surface area contributed by atoms with Crippen LogP contribution < -0.4 is 15.4 Å². The first kappa shape index (κ1) is 22.1. The zero-order valence-corrected chi connectivity index (χ0v) is 18.9. The number of carbonyl (C=O) groups excluding carboxylic acids is 2. The van der Waals surface area contributed by atoms with E-state index in [0.29, 0.717) is 36.7 Å². The molecule has 0 aromatic heterocycles. The number of nitrogens with zero attached hydrogens (tertiary/aromatic N) is 1. The molecule has 4 rings (SSSR count). The molecule has 2 fully saturated rings. The Morgan fingerprint density at radius 3 is 2.65 bits per heavy atom. The number of piperidine rings is 1. The maximum atomic E-state index is 13.3. The highest BCUT2D eigenvalue weighted by Gasteiger charge is 2.35. The summed E-state index contributed by atoms with van der Waals surface area (Å²) in [5, 5.41) is 5.84. The number of amides is 2. The van der Waals surface area contributed by atoms with Gasteiger partial charge in [-0.2, -0.15) is 4.31 Å². The van der Waals surface area contributed by atoms with Gasteiger partial charge in [-0.25, -0.2) is 8.42 Å². The average molecular weight is 450 g/mol. The summed E-state index contributed by atoms with van der Waals surface area (Å²) in [6.45, 7) is 4.43. The number of ether oxygens (including phenoxy) is 1. The molecule has 0 unspecified atom stereocenters. The number of fused-ring (bicyclic) bond motifs is 1. The molecule has 9 heteroatoms. The van der Waals surface area contributed by atoms with Gasteiger partial charge in [0.1, 0.15) is 5.75 Å². The summed E-state index contributed by atoms with van der Waals surface area (Å²) >= 11 is 0. The fraction of sp³-hybridized carbons (Fsp3) is 0.636. The van der Waals surface area contributed by atoms with E-state index in [2.05, 4.69) is 17.6 Å². The molecule has 2 N–H and O–H groups in total. The first-order valence-corrected chi connectivity index (χ1v) is 12.6. The fourth-order valence-electron chi connectivity index (χ4n) is 4.60. The molecule has 1 saturated carbocycles. The number of rotatable bonds is 4. The van der Waals surface area contributed by atoms with E-state index in [4.69, 9.17) is 4.74 Å². The molecule has 2 heterocycles. The van der Waals surface area contributed by atoms with E-state index in [9.17, 15) is 18.0 Å². The number of anilines is 1. The molecule has 2 amide bonds. The Bertz CT molecular complexity index is 956. The molecule has 3 aliphatic rings. The van der Waals surface area contributed by atoms with Gasteiger partial charge in [0.2, 0.25) is 15.9 Å². The quantitative estimate of drug-likeness (QED) is 0.735. The second kappa shape index (κ2) is 8.78. The van der Waals surface area contributed by atoms with Gasteiger partial charge in [-0.1, -0.05) is 6.92 Å². The summed E-state index contributed by atoms with van der Waals surface area (Å²) in [4.78, 5) is 24.8. The second-order valence-electron chi connectivity index (χ2n) is 9.07. The molecule has 1 aliphatic carbocycles. The summed E-state index contributed by atoms with van der Waals surface area (Å²) < 4.78 is 33.4. The van der Waals surface area contributed by atoms with Crippen molar-refractivity contribution in [1.29, 1.82) is 0 Å². The smallest absolute Gasteiger partial charge is 0.265 e. The average Bonchev–Trinajstić information content (AvgIpc) is 2.76. The fourth-order valence-corrected chi connectivity index (χ4v) is 6.15. The number of sulfonamides is 1. The minimum absolute atomic E-state index is 0.0421. The lowest BCUT2D eigenvalue weighted by atomic mass is 9.87. The molecule has 0 spiro atoms. The Morgan fingerprint density at radius 1 is 1.16 bits per heavy atom. The van der Waals surface area contributed by atoms with E-state index < -0.39 is 16.1 Å². The van der Waals surface area contributed by atoms with Gasteiger partial charge in [0.15, 0.2) is 6.10 Å². The second-order valence-corrected chi connectivity index (χ2v) is 11.0. The lowest BCUT2D eigenvalue weighted by molar-refractivity contribution is -0.127. The molecule has 1 aromatic carbocycles. The zero-order chi connectivity index (χ0) is 22.2. The third-order valence-corrected chi connectivity index (χ3v) is 8.50. The van der Waals surface area contributed by atoms with Gasteiger partial charge >= 0.3 is 0 Å². The third-order valence-electron chi connectivity index (χ3n) is 6.64. The number of carbonyl (C=O) groups is 2. The van der Waals surface area contributed by atoms with E-state index in [1.165, 1.54) is 16.4 Å². The first-order chi connectivity index (χ1) is 14.7. The van der Waals surface area contributed by atoms with Crippen molar-refractivity contribution in [3.63, 3.8) is 0 Å². The van der Waals surface area contributed by atoms with Crippen LogP contribution in [0.1, 0.15) is 52.4 Å². The van der Waals surface area contributed by atoms with Gasteiger partial charge in [0.25, 0.3) is 5.91 Å². The van der Waals surface area contributed by atoms with Gasteiger partial charge in [-0.15, -0.1) is 0 Å².